The topological polar surface area (TPSA) is 12.0 Å². The Morgan fingerprint density at radius 1 is 1.40 bits per heavy atom. The smallest absolute Gasteiger partial charge is 0.127 e. The van der Waals surface area contributed by atoms with Gasteiger partial charge in [0.1, 0.15) is 5.67 Å². The van der Waals surface area contributed by atoms with E-state index in [1.165, 1.54) is 0 Å². The number of rotatable bonds is 3. The van der Waals surface area contributed by atoms with Crippen molar-refractivity contribution >= 4 is 0 Å². The van der Waals surface area contributed by atoms with E-state index in [0.29, 0.717) is 6.42 Å². The minimum atomic E-state index is -1.13. The maximum absolute atomic E-state index is 14.4. The first-order valence-corrected chi connectivity index (χ1v) is 5.65. The van der Waals surface area contributed by atoms with Gasteiger partial charge in [0, 0.05) is 12.5 Å². The van der Waals surface area contributed by atoms with E-state index in [1.807, 2.05) is 30.3 Å². The van der Waals surface area contributed by atoms with Crippen LogP contribution in [-0.2, 0) is 6.42 Å². The lowest BCUT2D eigenvalue weighted by atomic mass is 9.90. The minimum absolute atomic E-state index is 0.0257. The van der Waals surface area contributed by atoms with Gasteiger partial charge in [-0.3, -0.25) is 0 Å². The lowest BCUT2D eigenvalue weighted by Crippen LogP contribution is -2.43. The molecule has 1 aliphatic heterocycles. The molecule has 0 amide bonds. The molecule has 1 aliphatic rings. The summed E-state index contributed by atoms with van der Waals surface area (Å²) in [7, 11) is 0. The summed E-state index contributed by atoms with van der Waals surface area (Å²) >= 11 is 0. The Kier molecular flexibility index (Phi) is 3.06. The monoisotopic (exact) mass is 207 g/mol. The van der Waals surface area contributed by atoms with E-state index in [-0.39, 0.29) is 6.04 Å². The van der Waals surface area contributed by atoms with Crippen molar-refractivity contribution in [2.45, 2.75) is 37.9 Å². The molecule has 0 aromatic heterocycles. The van der Waals surface area contributed by atoms with Gasteiger partial charge < -0.3 is 5.32 Å². The zero-order chi connectivity index (χ0) is 10.7. The molecule has 0 aliphatic carbocycles. The quantitative estimate of drug-likeness (QED) is 0.803. The highest BCUT2D eigenvalue weighted by atomic mass is 19.1. The van der Waals surface area contributed by atoms with Crippen molar-refractivity contribution in [3.63, 3.8) is 0 Å². The summed E-state index contributed by atoms with van der Waals surface area (Å²) in [6, 6.07) is 9.91. The standard InChI is InChI=1S/C13H18FN/c1-13(14,12-8-5-9-15-12)10-11-6-3-2-4-7-11/h2-4,6-7,12,15H,5,8-10H2,1H3. The van der Waals surface area contributed by atoms with Crippen LogP contribution < -0.4 is 5.32 Å². The van der Waals surface area contributed by atoms with Gasteiger partial charge in [0.2, 0.25) is 0 Å². The fourth-order valence-electron chi connectivity index (χ4n) is 2.32. The first-order valence-electron chi connectivity index (χ1n) is 5.65. The van der Waals surface area contributed by atoms with Gasteiger partial charge >= 0.3 is 0 Å². The van der Waals surface area contributed by atoms with Crippen LogP contribution in [0.1, 0.15) is 25.3 Å². The summed E-state index contributed by atoms with van der Waals surface area (Å²) < 4.78 is 14.4. The summed E-state index contributed by atoms with van der Waals surface area (Å²) in [6.45, 7) is 2.67. The third-order valence-electron chi connectivity index (χ3n) is 3.18. The fourth-order valence-corrected chi connectivity index (χ4v) is 2.32. The van der Waals surface area contributed by atoms with Crippen molar-refractivity contribution in [1.82, 2.24) is 5.32 Å². The zero-order valence-corrected chi connectivity index (χ0v) is 9.17. The molecule has 0 bridgehead atoms. The first kappa shape index (κ1) is 10.6. The molecule has 1 saturated heterocycles. The minimum Gasteiger partial charge on any atom is -0.311 e. The summed E-state index contributed by atoms with van der Waals surface area (Å²) in [5.74, 6) is 0. The Morgan fingerprint density at radius 2 is 2.13 bits per heavy atom. The van der Waals surface area contributed by atoms with Crippen LogP contribution in [0.3, 0.4) is 0 Å². The molecule has 2 rings (SSSR count). The number of hydrogen-bond acceptors (Lipinski definition) is 1. The van der Waals surface area contributed by atoms with Crippen molar-refractivity contribution in [3.8, 4) is 0 Å². The Balaban J connectivity index is 2.03. The van der Waals surface area contributed by atoms with Crippen molar-refractivity contribution in [3.05, 3.63) is 35.9 Å². The summed E-state index contributed by atoms with van der Waals surface area (Å²) in [4.78, 5) is 0. The lowest BCUT2D eigenvalue weighted by molar-refractivity contribution is 0.137. The molecule has 2 heteroatoms. The Hall–Kier alpha value is -0.890. The summed E-state index contributed by atoms with van der Waals surface area (Å²) in [5, 5.41) is 3.24. The summed E-state index contributed by atoms with van der Waals surface area (Å²) in [5.41, 5.74) is -0.0473. The van der Waals surface area contributed by atoms with Gasteiger partial charge in [-0.05, 0) is 31.9 Å². The van der Waals surface area contributed by atoms with Gasteiger partial charge in [-0.2, -0.15) is 0 Å². The van der Waals surface area contributed by atoms with E-state index in [1.54, 1.807) is 6.92 Å². The van der Waals surface area contributed by atoms with Gasteiger partial charge in [0.05, 0.1) is 0 Å². The van der Waals surface area contributed by atoms with Crippen molar-refractivity contribution in [2.24, 2.45) is 0 Å². The highest BCUT2D eigenvalue weighted by Gasteiger charge is 2.35. The number of nitrogens with one attached hydrogen (secondary N) is 1. The van der Waals surface area contributed by atoms with Crippen LogP contribution >= 0.6 is 0 Å². The van der Waals surface area contributed by atoms with Gasteiger partial charge in [-0.25, -0.2) is 4.39 Å². The fraction of sp³-hybridized carbons (Fsp3) is 0.538. The molecule has 1 N–H and O–H groups in total. The van der Waals surface area contributed by atoms with Crippen molar-refractivity contribution in [1.29, 1.82) is 0 Å². The molecule has 2 atom stereocenters. The van der Waals surface area contributed by atoms with Crippen LogP contribution in [-0.4, -0.2) is 18.3 Å². The Bertz CT molecular complexity index is 302. The first-order chi connectivity index (χ1) is 7.18. The predicted octanol–water partition coefficient (Wildman–Crippen LogP) is 2.71. The molecule has 15 heavy (non-hydrogen) atoms. The van der Waals surface area contributed by atoms with E-state index in [9.17, 15) is 4.39 Å². The van der Waals surface area contributed by atoms with E-state index in [2.05, 4.69) is 5.32 Å². The van der Waals surface area contributed by atoms with Gasteiger partial charge in [-0.15, -0.1) is 0 Å². The predicted molar refractivity (Wildman–Crippen MR) is 60.7 cm³/mol. The Labute approximate surface area is 90.7 Å². The largest absolute Gasteiger partial charge is 0.311 e. The van der Waals surface area contributed by atoms with Crippen LogP contribution in [0.25, 0.3) is 0 Å². The molecule has 0 radical (unpaired) electrons. The third-order valence-corrected chi connectivity index (χ3v) is 3.18. The molecule has 0 saturated carbocycles. The average molecular weight is 207 g/mol. The number of halogens is 1. The van der Waals surface area contributed by atoms with E-state index < -0.39 is 5.67 Å². The highest BCUT2D eigenvalue weighted by Crippen LogP contribution is 2.26. The van der Waals surface area contributed by atoms with Gasteiger partial charge in [0.25, 0.3) is 0 Å². The van der Waals surface area contributed by atoms with E-state index >= 15 is 0 Å². The Morgan fingerprint density at radius 3 is 2.73 bits per heavy atom. The molecule has 1 aromatic rings. The molecular formula is C13H18FN. The molecule has 2 unspecified atom stereocenters. The number of benzene rings is 1. The molecule has 82 valence electrons. The van der Waals surface area contributed by atoms with Gasteiger partial charge in [-0.1, -0.05) is 30.3 Å². The molecule has 1 heterocycles. The van der Waals surface area contributed by atoms with Crippen LogP contribution in [0.4, 0.5) is 4.39 Å². The highest BCUT2D eigenvalue weighted by molar-refractivity contribution is 5.18. The maximum atomic E-state index is 14.4. The molecule has 1 aromatic carbocycles. The SMILES string of the molecule is CC(F)(Cc1ccccc1)C1CCCN1. The number of hydrogen-bond donors (Lipinski definition) is 1. The lowest BCUT2D eigenvalue weighted by Gasteiger charge is -2.27. The second-order valence-corrected chi connectivity index (χ2v) is 4.59. The van der Waals surface area contributed by atoms with Crippen molar-refractivity contribution in [2.75, 3.05) is 6.54 Å². The summed E-state index contributed by atoms with van der Waals surface area (Å²) in [6.07, 6.45) is 2.56. The second-order valence-electron chi connectivity index (χ2n) is 4.59. The zero-order valence-electron chi connectivity index (χ0n) is 9.17. The average Bonchev–Trinajstić information content (AvgIpc) is 2.71. The van der Waals surface area contributed by atoms with E-state index in [4.69, 9.17) is 0 Å². The maximum Gasteiger partial charge on any atom is 0.127 e. The third kappa shape index (κ3) is 2.57. The number of alkyl halides is 1. The molecule has 1 fully saturated rings. The normalized spacial score (nSPS) is 25.1. The van der Waals surface area contributed by atoms with Gasteiger partial charge in [0.15, 0.2) is 0 Å². The van der Waals surface area contributed by atoms with Crippen LogP contribution in [0.2, 0.25) is 0 Å². The van der Waals surface area contributed by atoms with Crippen LogP contribution in [0, 0.1) is 0 Å². The second kappa shape index (κ2) is 4.31. The van der Waals surface area contributed by atoms with E-state index in [0.717, 1.165) is 24.9 Å². The van der Waals surface area contributed by atoms with Crippen LogP contribution in [0.15, 0.2) is 30.3 Å². The molecule has 0 spiro atoms. The van der Waals surface area contributed by atoms with Crippen LogP contribution in [0.5, 0.6) is 0 Å². The van der Waals surface area contributed by atoms with Crippen molar-refractivity contribution < 1.29 is 4.39 Å². The molecular weight excluding hydrogens is 189 g/mol. The molecule has 1 nitrogen and oxygen atoms in total.